The minimum atomic E-state index is -1.24. The molecule has 44 valence electrons. The first kappa shape index (κ1) is 9.16. The van der Waals surface area contributed by atoms with Crippen LogP contribution in [-0.4, -0.2) is 10.5 Å². The molecule has 0 atom stereocenters. The third-order valence-corrected chi connectivity index (χ3v) is 1.32. The summed E-state index contributed by atoms with van der Waals surface area (Å²) in [5.41, 5.74) is 2.41. The van der Waals surface area contributed by atoms with Gasteiger partial charge in [0.2, 0.25) is 0 Å². The average molecular weight is 154 g/mol. The molecular formula is C3H3N2NaO2S. The van der Waals surface area contributed by atoms with E-state index in [-0.39, 0.29) is 29.6 Å². The van der Waals surface area contributed by atoms with Gasteiger partial charge in [0.25, 0.3) is 0 Å². The Balaban J connectivity index is 0.000000640. The molecule has 1 amide bonds. The number of carboxylic acid groups (broad SMARTS) is 1. The minimum Gasteiger partial charge on any atom is -0.528 e. The molecule has 0 aromatic rings. The van der Waals surface area contributed by atoms with Gasteiger partial charge in [-0.3, -0.25) is 5.43 Å². The second kappa shape index (κ2) is 4.05. The van der Waals surface area contributed by atoms with Crippen molar-refractivity contribution >= 4 is 18.0 Å². The van der Waals surface area contributed by atoms with Crippen molar-refractivity contribution in [2.24, 2.45) is 0 Å². The van der Waals surface area contributed by atoms with Gasteiger partial charge in [-0.1, -0.05) is 0 Å². The van der Waals surface area contributed by atoms with Crippen LogP contribution in [0.15, 0.2) is 11.6 Å². The SMILES string of the molecule is O=C([O-])N1NC=CS1.[Na+]. The summed E-state index contributed by atoms with van der Waals surface area (Å²) < 4.78 is 0.889. The van der Waals surface area contributed by atoms with E-state index >= 15 is 0 Å². The van der Waals surface area contributed by atoms with E-state index in [0.717, 1.165) is 16.4 Å². The number of nitrogens with zero attached hydrogens (tertiary/aromatic N) is 1. The normalized spacial score (nSPS) is 14.4. The van der Waals surface area contributed by atoms with E-state index in [1.165, 1.54) is 6.20 Å². The Labute approximate surface area is 78.7 Å². The molecule has 0 saturated carbocycles. The quantitative estimate of drug-likeness (QED) is 0.288. The smallest absolute Gasteiger partial charge is 0.528 e. The maximum absolute atomic E-state index is 9.89. The third kappa shape index (κ3) is 2.49. The van der Waals surface area contributed by atoms with E-state index in [4.69, 9.17) is 0 Å². The zero-order valence-electron chi connectivity index (χ0n) is 4.83. The van der Waals surface area contributed by atoms with Crippen LogP contribution in [0.2, 0.25) is 0 Å². The van der Waals surface area contributed by atoms with Crippen molar-refractivity contribution in [1.29, 1.82) is 0 Å². The third-order valence-electron chi connectivity index (χ3n) is 0.592. The standard InChI is InChI=1S/C3H4N2O2S.Na/c6-3(7)5-4-1-2-8-5;/h1-2,4H,(H,6,7);/q;+1/p-1. The minimum absolute atomic E-state index is 0. The van der Waals surface area contributed by atoms with Gasteiger partial charge in [-0.05, 0) is 0 Å². The van der Waals surface area contributed by atoms with Gasteiger partial charge in [-0.2, -0.15) is 0 Å². The molecular weight excluding hydrogens is 151 g/mol. The number of nitrogens with one attached hydrogen (secondary N) is 1. The topological polar surface area (TPSA) is 55.4 Å². The van der Waals surface area contributed by atoms with Crippen LogP contribution in [0.1, 0.15) is 0 Å². The van der Waals surface area contributed by atoms with Crippen molar-refractivity contribution in [2.75, 3.05) is 0 Å². The van der Waals surface area contributed by atoms with Crippen LogP contribution in [0.25, 0.3) is 0 Å². The van der Waals surface area contributed by atoms with E-state index in [1.54, 1.807) is 5.41 Å². The predicted molar refractivity (Wildman–Crippen MR) is 27.1 cm³/mol. The van der Waals surface area contributed by atoms with E-state index in [9.17, 15) is 9.90 Å². The summed E-state index contributed by atoms with van der Waals surface area (Å²) in [5, 5.41) is 11.5. The number of carbonyl (C=O) groups excluding carboxylic acids is 1. The van der Waals surface area contributed by atoms with Gasteiger partial charge >= 0.3 is 29.6 Å². The van der Waals surface area contributed by atoms with Crippen LogP contribution < -0.4 is 40.1 Å². The summed E-state index contributed by atoms with van der Waals surface area (Å²) in [5.74, 6) is 0. The molecule has 1 rings (SSSR count). The maximum Gasteiger partial charge on any atom is 1.00 e. The Morgan fingerprint density at radius 2 is 2.44 bits per heavy atom. The van der Waals surface area contributed by atoms with E-state index < -0.39 is 6.09 Å². The van der Waals surface area contributed by atoms with Crippen molar-refractivity contribution in [3.05, 3.63) is 11.6 Å². The molecule has 0 saturated heterocycles. The monoisotopic (exact) mass is 154 g/mol. The first-order valence-electron chi connectivity index (χ1n) is 1.90. The predicted octanol–water partition coefficient (Wildman–Crippen LogP) is -3.73. The van der Waals surface area contributed by atoms with Gasteiger partial charge in [0, 0.05) is 23.6 Å². The van der Waals surface area contributed by atoms with Crippen LogP contribution in [0.4, 0.5) is 4.79 Å². The number of rotatable bonds is 0. The van der Waals surface area contributed by atoms with Gasteiger partial charge in [-0.15, -0.1) is 0 Å². The summed E-state index contributed by atoms with van der Waals surface area (Å²) in [6.45, 7) is 0. The van der Waals surface area contributed by atoms with Crippen LogP contribution >= 0.6 is 11.9 Å². The summed E-state index contributed by atoms with van der Waals surface area (Å²) in [6.07, 6.45) is 0.278. The first-order valence-corrected chi connectivity index (χ1v) is 2.73. The van der Waals surface area contributed by atoms with Crippen molar-refractivity contribution in [3.63, 3.8) is 0 Å². The summed E-state index contributed by atoms with van der Waals surface area (Å²) in [4.78, 5) is 9.89. The molecule has 0 bridgehead atoms. The van der Waals surface area contributed by atoms with Crippen LogP contribution in [0, 0.1) is 0 Å². The van der Waals surface area contributed by atoms with Crippen LogP contribution in [0.5, 0.6) is 0 Å². The number of hydrogen-bond acceptors (Lipinski definition) is 4. The Kier molecular flexibility index (Phi) is 4.12. The van der Waals surface area contributed by atoms with Crippen molar-refractivity contribution in [2.45, 2.75) is 0 Å². The number of amides is 1. The largest absolute Gasteiger partial charge is 1.00 e. The molecule has 6 heteroatoms. The number of carbonyl (C=O) groups is 1. The fraction of sp³-hybridized carbons (Fsp3) is 0. The molecule has 0 spiro atoms. The Bertz CT molecular complexity index is 132. The molecule has 0 aromatic carbocycles. The first-order chi connectivity index (χ1) is 3.80. The molecule has 0 unspecified atom stereocenters. The van der Waals surface area contributed by atoms with Gasteiger partial charge in [0.05, 0.1) is 0 Å². The molecule has 0 radical (unpaired) electrons. The van der Waals surface area contributed by atoms with Crippen molar-refractivity contribution in [1.82, 2.24) is 9.84 Å². The van der Waals surface area contributed by atoms with Crippen LogP contribution in [-0.2, 0) is 0 Å². The zero-order chi connectivity index (χ0) is 5.98. The average Bonchev–Trinajstić information content (AvgIpc) is 2.12. The van der Waals surface area contributed by atoms with E-state index in [1.807, 2.05) is 0 Å². The van der Waals surface area contributed by atoms with E-state index in [0.29, 0.717) is 0 Å². The summed E-state index contributed by atoms with van der Waals surface area (Å²) >= 11 is 1.03. The Hall–Kier alpha value is 0.160. The van der Waals surface area contributed by atoms with Gasteiger partial charge in [0.1, 0.15) is 0 Å². The number of hydrogen-bond donors (Lipinski definition) is 1. The summed E-state index contributed by atoms with van der Waals surface area (Å²) in [6, 6.07) is 0. The fourth-order valence-electron chi connectivity index (χ4n) is 0.316. The molecule has 1 N–H and O–H groups in total. The van der Waals surface area contributed by atoms with Gasteiger partial charge in [-0.25, -0.2) is 4.41 Å². The fourth-order valence-corrected chi connectivity index (χ4v) is 0.767. The second-order valence-corrected chi connectivity index (χ2v) is 1.95. The van der Waals surface area contributed by atoms with E-state index in [2.05, 4.69) is 5.43 Å². The molecule has 1 aliphatic rings. The van der Waals surface area contributed by atoms with Crippen molar-refractivity contribution in [3.8, 4) is 0 Å². The Morgan fingerprint density at radius 3 is 2.67 bits per heavy atom. The van der Waals surface area contributed by atoms with Gasteiger partial charge < -0.3 is 9.90 Å². The van der Waals surface area contributed by atoms with Crippen molar-refractivity contribution < 1.29 is 39.5 Å². The molecule has 0 aliphatic carbocycles. The molecule has 0 aromatic heterocycles. The van der Waals surface area contributed by atoms with Gasteiger partial charge in [0.15, 0.2) is 6.09 Å². The number of hydrazine groups is 1. The molecule has 4 nitrogen and oxygen atoms in total. The molecule has 1 aliphatic heterocycles. The summed E-state index contributed by atoms with van der Waals surface area (Å²) in [7, 11) is 0. The molecule has 9 heavy (non-hydrogen) atoms. The zero-order valence-corrected chi connectivity index (χ0v) is 7.64. The van der Waals surface area contributed by atoms with Crippen LogP contribution in [0.3, 0.4) is 0 Å². The Morgan fingerprint density at radius 1 is 1.78 bits per heavy atom. The maximum atomic E-state index is 9.89. The molecule has 1 heterocycles. The molecule has 0 fully saturated rings. The second-order valence-electron chi connectivity index (χ2n) is 1.10.